The van der Waals surface area contributed by atoms with Gasteiger partial charge in [-0.3, -0.25) is 14.4 Å². The summed E-state index contributed by atoms with van der Waals surface area (Å²) in [7, 11) is 1.15. The molecule has 33 heavy (non-hydrogen) atoms. The van der Waals surface area contributed by atoms with Crippen LogP contribution in [-0.2, 0) is 30.3 Å². The van der Waals surface area contributed by atoms with Crippen molar-refractivity contribution in [1.29, 1.82) is 0 Å². The molecule has 2 rings (SSSR count). The molecule has 0 spiro atoms. The lowest BCUT2D eigenvalue weighted by atomic mass is 9.98. The number of carbonyl (C=O) groups is 4. The SMILES string of the molecule is CCC(C)C(N)C(=O)NC(Cc1cnc[nH]1)C(=O)N1CCCC1C(=O)NC(CO)C(=O)OC. The first kappa shape index (κ1) is 26.3. The Morgan fingerprint density at radius 3 is 2.64 bits per heavy atom. The predicted molar refractivity (Wildman–Crippen MR) is 117 cm³/mol. The van der Waals surface area contributed by atoms with Crippen molar-refractivity contribution in [2.45, 2.75) is 63.7 Å². The summed E-state index contributed by atoms with van der Waals surface area (Å²) < 4.78 is 4.57. The van der Waals surface area contributed by atoms with Crippen LogP contribution in [0.1, 0.15) is 38.8 Å². The van der Waals surface area contributed by atoms with E-state index in [-0.39, 0.29) is 12.3 Å². The summed E-state index contributed by atoms with van der Waals surface area (Å²) in [5.41, 5.74) is 6.68. The Morgan fingerprint density at radius 1 is 1.33 bits per heavy atom. The molecule has 0 aromatic carbocycles. The number of aliphatic hydroxyl groups excluding tert-OH is 1. The van der Waals surface area contributed by atoms with Gasteiger partial charge in [0.15, 0.2) is 6.04 Å². The van der Waals surface area contributed by atoms with E-state index in [9.17, 15) is 24.3 Å². The van der Waals surface area contributed by atoms with Gasteiger partial charge in [0.25, 0.3) is 0 Å². The number of likely N-dealkylation sites (tertiary alicyclic amines) is 1. The van der Waals surface area contributed by atoms with E-state index >= 15 is 0 Å². The van der Waals surface area contributed by atoms with Gasteiger partial charge < -0.3 is 36.1 Å². The van der Waals surface area contributed by atoms with Crippen LogP contribution in [0.3, 0.4) is 0 Å². The number of nitrogens with one attached hydrogen (secondary N) is 3. The van der Waals surface area contributed by atoms with Gasteiger partial charge in [0, 0.05) is 24.9 Å². The first-order valence-corrected chi connectivity index (χ1v) is 11.1. The number of methoxy groups -OCH3 is 1. The van der Waals surface area contributed by atoms with E-state index in [4.69, 9.17) is 5.73 Å². The summed E-state index contributed by atoms with van der Waals surface area (Å²) in [6.45, 7) is 3.46. The molecule has 5 atom stereocenters. The van der Waals surface area contributed by atoms with Crippen molar-refractivity contribution in [1.82, 2.24) is 25.5 Å². The van der Waals surface area contributed by atoms with Gasteiger partial charge in [-0.05, 0) is 18.8 Å². The minimum absolute atomic E-state index is 0.0769. The van der Waals surface area contributed by atoms with E-state index in [1.54, 1.807) is 6.20 Å². The van der Waals surface area contributed by atoms with Crippen LogP contribution in [0.4, 0.5) is 0 Å². The summed E-state index contributed by atoms with van der Waals surface area (Å²) in [6, 6.07) is -3.82. The highest BCUT2D eigenvalue weighted by Gasteiger charge is 2.39. The number of hydrogen-bond donors (Lipinski definition) is 5. The zero-order valence-corrected chi connectivity index (χ0v) is 19.2. The average molecular weight is 467 g/mol. The monoisotopic (exact) mass is 466 g/mol. The third-order valence-electron chi connectivity index (χ3n) is 5.98. The Labute approximate surface area is 192 Å². The van der Waals surface area contributed by atoms with Gasteiger partial charge >= 0.3 is 5.97 Å². The normalized spacial score (nSPS) is 19.3. The Kier molecular flexibility index (Phi) is 9.79. The lowest BCUT2D eigenvalue weighted by Gasteiger charge is -2.30. The second kappa shape index (κ2) is 12.3. The maximum absolute atomic E-state index is 13.4. The van der Waals surface area contributed by atoms with Crippen LogP contribution in [-0.4, -0.2) is 88.1 Å². The molecule has 2 heterocycles. The second-order valence-corrected chi connectivity index (χ2v) is 8.21. The van der Waals surface area contributed by atoms with Gasteiger partial charge in [0.1, 0.15) is 12.1 Å². The molecule has 1 aromatic rings. The van der Waals surface area contributed by atoms with Gasteiger partial charge in [-0.1, -0.05) is 20.3 Å². The lowest BCUT2D eigenvalue weighted by Crippen LogP contribution is -2.58. The largest absolute Gasteiger partial charge is 0.467 e. The molecule has 5 unspecified atom stereocenters. The van der Waals surface area contributed by atoms with E-state index in [0.717, 1.165) is 7.11 Å². The van der Waals surface area contributed by atoms with Crippen LogP contribution < -0.4 is 16.4 Å². The first-order chi connectivity index (χ1) is 15.7. The Hall–Kier alpha value is -2.99. The van der Waals surface area contributed by atoms with Crippen molar-refractivity contribution in [2.75, 3.05) is 20.3 Å². The molecule has 12 nitrogen and oxygen atoms in total. The minimum Gasteiger partial charge on any atom is -0.467 e. The number of nitrogens with zero attached hydrogens (tertiary/aromatic N) is 2. The van der Waals surface area contributed by atoms with Gasteiger partial charge in [0.2, 0.25) is 17.7 Å². The summed E-state index contributed by atoms with van der Waals surface area (Å²) in [4.78, 5) is 58.9. The number of aromatic nitrogens is 2. The topological polar surface area (TPSA) is 180 Å². The lowest BCUT2D eigenvalue weighted by molar-refractivity contribution is -0.147. The van der Waals surface area contributed by atoms with Gasteiger partial charge in [0.05, 0.1) is 26.1 Å². The Bertz CT molecular complexity index is 816. The summed E-state index contributed by atoms with van der Waals surface area (Å²) in [5, 5.41) is 14.5. The van der Waals surface area contributed by atoms with Crippen molar-refractivity contribution in [3.8, 4) is 0 Å². The average Bonchev–Trinajstić information content (AvgIpc) is 3.52. The minimum atomic E-state index is -1.23. The van der Waals surface area contributed by atoms with Crippen LogP contribution in [0, 0.1) is 5.92 Å². The van der Waals surface area contributed by atoms with Crippen molar-refractivity contribution < 1.29 is 29.0 Å². The van der Waals surface area contributed by atoms with E-state index in [2.05, 4.69) is 25.3 Å². The molecule has 1 aliphatic heterocycles. The highest BCUT2D eigenvalue weighted by Crippen LogP contribution is 2.20. The number of nitrogens with two attached hydrogens (primary N) is 1. The fraction of sp³-hybridized carbons (Fsp3) is 0.667. The van der Waals surface area contributed by atoms with Crippen LogP contribution in [0.25, 0.3) is 0 Å². The Balaban J connectivity index is 2.18. The molecule has 0 aliphatic carbocycles. The van der Waals surface area contributed by atoms with Crippen molar-refractivity contribution in [2.24, 2.45) is 11.7 Å². The number of imidazole rings is 1. The molecule has 0 radical (unpaired) electrons. The fourth-order valence-corrected chi connectivity index (χ4v) is 3.69. The van der Waals surface area contributed by atoms with Crippen LogP contribution in [0.5, 0.6) is 0 Å². The molecule has 0 bridgehead atoms. The molecular weight excluding hydrogens is 432 g/mol. The maximum Gasteiger partial charge on any atom is 0.330 e. The number of H-pyrrole nitrogens is 1. The second-order valence-electron chi connectivity index (χ2n) is 8.21. The fourth-order valence-electron chi connectivity index (χ4n) is 3.69. The molecule has 3 amide bonds. The van der Waals surface area contributed by atoms with E-state index < -0.39 is 54.5 Å². The number of rotatable bonds is 11. The smallest absolute Gasteiger partial charge is 0.330 e. The molecule has 1 aliphatic rings. The highest BCUT2D eigenvalue weighted by atomic mass is 16.5. The summed E-state index contributed by atoms with van der Waals surface area (Å²) >= 11 is 0. The van der Waals surface area contributed by atoms with Crippen LogP contribution in [0.15, 0.2) is 12.5 Å². The van der Waals surface area contributed by atoms with Crippen molar-refractivity contribution in [3.63, 3.8) is 0 Å². The van der Waals surface area contributed by atoms with E-state index in [1.165, 1.54) is 11.2 Å². The number of ether oxygens (including phenoxy) is 1. The number of aliphatic hydroxyl groups is 1. The van der Waals surface area contributed by atoms with Crippen LogP contribution in [0.2, 0.25) is 0 Å². The maximum atomic E-state index is 13.4. The summed E-state index contributed by atoms with van der Waals surface area (Å²) in [6.07, 6.45) is 4.82. The van der Waals surface area contributed by atoms with Gasteiger partial charge in [-0.2, -0.15) is 0 Å². The van der Waals surface area contributed by atoms with Gasteiger partial charge in [-0.15, -0.1) is 0 Å². The predicted octanol–water partition coefficient (Wildman–Crippen LogP) is -1.55. The number of hydrogen-bond acceptors (Lipinski definition) is 8. The summed E-state index contributed by atoms with van der Waals surface area (Å²) in [5.74, 6) is -2.33. The Morgan fingerprint density at radius 2 is 2.06 bits per heavy atom. The molecule has 1 aromatic heterocycles. The third-order valence-corrected chi connectivity index (χ3v) is 5.98. The molecule has 0 saturated carbocycles. The van der Waals surface area contributed by atoms with Crippen molar-refractivity contribution >= 4 is 23.7 Å². The van der Waals surface area contributed by atoms with Crippen LogP contribution >= 0.6 is 0 Å². The standard InChI is InChI=1S/C21H34N6O6/c1-4-12(2)17(22)19(30)25-14(8-13-9-23-11-24-13)20(31)27-7-5-6-16(27)18(29)26-15(10-28)21(32)33-3/h9,11-12,14-17,28H,4-8,10,22H2,1-3H3,(H,23,24)(H,25,30)(H,26,29). The molecule has 1 saturated heterocycles. The molecular formula is C21H34N6O6. The zero-order chi connectivity index (χ0) is 24.5. The van der Waals surface area contributed by atoms with E-state index in [1.807, 2.05) is 13.8 Å². The number of esters is 1. The molecule has 1 fully saturated rings. The molecule has 184 valence electrons. The third kappa shape index (κ3) is 6.75. The van der Waals surface area contributed by atoms with Crippen molar-refractivity contribution in [3.05, 3.63) is 18.2 Å². The van der Waals surface area contributed by atoms with Gasteiger partial charge in [-0.25, -0.2) is 9.78 Å². The highest BCUT2D eigenvalue weighted by molar-refractivity contribution is 5.94. The quantitative estimate of drug-likeness (QED) is 0.243. The molecule has 6 N–H and O–H groups in total. The van der Waals surface area contributed by atoms with E-state index in [0.29, 0.717) is 31.5 Å². The number of amides is 3. The molecule has 12 heteroatoms. The number of aromatic amines is 1. The zero-order valence-electron chi connectivity index (χ0n) is 19.2. The number of carbonyl (C=O) groups excluding carboxylic acids is 4. The first-order valence-electron chi connectivity index (χ1n) is 11.1.